The second-order valence-electron chi connectivity index (χ2n) is 11.6. The van der Waals surface area contributed by atoms with Crippen LogP contribution >= 0.6 is 0 Å². The molecule has 0 fully saturated rings. The molecule has 0 aliphatic carbocycles. The molecule has 2 aromatic rings. The summed E-state index contributed by atoms with van der Waals surface area (Å²) in [6, 6.07) is 12.6. The first-order chi connectivity index (χ1) is 18.5. The Kier molecular flexibility index (Phi) is 14.5. The van der Waals surface area contributed by atoms with Gasteiger partial charge in [-0.25, -0.2) is 0 Å². The lowest BCUT2D eigenvalue weighted by Gasteiger charge is -2.35. The number of aryl methyl sites for hydroxylation is 3. The molecule has 224 valence electrons. The Balaban J connectivity index is 0.00000107. The zero-order chi connectivity index (χ0) is 31.5. The standard InChI is InChI=1S/C24H31NO3.C8H16O2.C2H6/c1-7-24(8-2,19-10-9-16(3)17(4)13-19)20-11-12-21(18(5)14-20)23(28)25(6)15-22(26)27;1-7(2,3)8(4,10)5-6-9;1-2/h9-14H,7-8,15H2,1-6H3,(H,26,27);6,10H,5H2,1-4H3;1-2H3. The van der Waals surface area contributed by atoms with Gasteiger partial charge >= 0.3 is 5.97 Å². The number of rotatable bonds is 9. The van der Waals surface area contributed by atoms with Crippen molar-refractivity contribution < 1.29 is 24.6 Å². The summed E-state index contributed by atoms with van der Waals surface area (Å²) in [6.07, 6.45) is 2.87. The minimum absolute atomic E-state index is 0.113. The van der Waals surface area contributed by atoms with Gasteiger partial charge in [-0.2, -0.15) is 0 Å². The molecule has 6 nitrogen and oxygen atoms in total. The summed E-state index contributed by atoms with van der Waals surface area (Å²) in [5.74, 6) is -1.29. The lowest BCUT2D eigenvalue weighted by Crippen LogP contribution is -2.39. The van der Waals surface area contributed by atoms with Crippen molar-refractivity contribution in [2.45, 2.75) is 106 Å². The molecule has 1 amide bonds. The SMILES string of the molecule is CC.CC(C)(C)C(C)(O)CC=O.CCC(CC)(c1ccc(C)c(C)c1)c1ccc(C(=O)N(C)CC(=O)O)c(C)c1. The zero-order valence-electron chi connectivity index (χ0n) is 26.9. The summed E-state index contributed by atoms with van der Waals surface area (Å²) in [5.41, 5.74) is 5.24. The molecule has 0 saturated heterocycles. The minimum Gasteiger partial charge on any atom is -0.480 e. The maximum atomic E-state index is 12.6. The van der Waals surface area contributed by atoms with Crippen molar-refractivity contribution in [1.29, 1.82) is 0 Å². The number of hydrogen-bond donors (Lipinski definition) is 2. The molecule has 0 spiro atoms. The van der Waals surface area contributed by atoms with E-state index in [1.54, 1.807) is 6.92 Å². The molecule has 2 rings (SSSR count). The number of likely N-dealkylation sites (N-methyl/N-ethyl adjacent to an activating group) is 1. The monoisotopic (exact) mass is 555 g/mol. The number of nitrogens with zero attached hydrogens (tertiary/aromatic N) is 1. The molecule has 0 bridgehead atoms. The van der Waals surface area contributed by atoms with Crippen molar-refractivity contribution in [1.82, 2.24) is 4.90 Å². The number of carbonyl (C=O) groups is 3. The van der Waals surface area contributed by atoms with Gasteiger partial charge in [0.05, 0.1) is 5.60 Å². The van der Waals surface area contributed by atoms with E-state index < -0.39 is 11.6 Å². The number of hydrogen-bond acceptors (Lipinski definition) is 4. The van der Waals surface area contributed by atoms with E-state index in [1.807, 2.05) is 53.7 Å². The Morgan fingerprint density at radius 3 is 1.68 bits per heavy atom. The van der Waals surface area contributed by atoms with Gasteiger partial charge in [0, 0.05) is 24.4 Å². The number of carbonyl (C=O) groups excluding carboxylic acids is 2. The van der Waals surface area contributed by atoms with Gasteiger partial charge in [0.2, 0.25) is 0 Å². The molecule has 1 unspecified atom stereocenters. The fourth-order valence-electron chi connectivity index (χ4n) is 4.42. The van der Waals surface area contributed by atoms with Gasteiger partial charge in [-0.3, -0.25) is 9.59 Å². The van der Waals surface area contributed by atoms with Crippen LogP contribution in [0.3, 0.4) is 0 Å². The molecule has 6 heteroatoms. The molecule has 0 heterocycles. The molecule has 40 heavy (non-hydrogen) atoms. The van der Waals surface area contributed by atoms with Gasteiger partial charge in [0.15, 0.2) is 0 Å². The van der Waals surface area contributed by atoms with Crippen LogP contribution < -0.4 is 0 Å². The van der Waals surface area contributed by atoms with Crippen LogP contribution in [0, 0.1) is 26.2 Å². The average molecular weight is 556 g/mol. The summed E-state index contributed by atoms with van der Waals surface area (Å²) in [5, 5.41) is 18.6. The highest BCUT2D eigenvalue weighted by molar-refractivity contribution is 5.97. The third kappa shape index (κ3) is 9.29. The van der Waals surface area contributed by atoms with Gasteiger partial charge in [-0.15, -0.1) is 0 Å². The van der Waals surface area contributed by atoms with Crippen LogP contribution in [0.1, 0.15) is 113 Å². The number of amides is 1. The summed E-state index contributed by atoms with van der Waals surface area (Å²) in [4.78, 5) is 34.9. The predicted octanol–water partition coefficient (Wildman–Crippen LogP) is 7.27. The van der Waals surface area contributed by atoms with Gasteiger partial charge in [0.1, 0.15) is 12.8 Å². The van der Waals surface area contributed by atoms with Crippen molar-refractivity contribution in [3.63, 3.8) is 0 Å². The van der Waals surface area contributed by atoms with Crippen LogP contribution in [0.15, 0.2) is 36.4 Å². The van der Waals surface area contributed by atoms with Crippen LogP contribution in [-0.2, 0) is 15.0 Å². The maximum absolute atomic E-state index is 12.6. The molecule has 2 aromatic carbocycles. The molecule has 0 radical (unpaired) electrons. The highest BCUT2D eigenvalue weighted by Gasteiger charge is 2.34. The Bertz CT molecular complexity index is 1120. The van der Waals surface area contributed by atoms with Crippen molar-refractivity contribution in [2.75, 3.05) is 13.6 Å². The Hall–Kier alpha value is -2.99. The van der Waals surface area contributed by atoms with E-state index in [0.717, 1.165) is 24.7 Å². The largest absolute Gasteiger partial charge is 0.480 e. The molecular formula is C34H53NO5. The van der Waals surface area contributed by atoms with E-state index in [1.165, 1.54) is 34.2 Å². The highest BCUT2D eigenvalue weighted by atomic mass is 16.4. The van der Waals surface area contributed by atoms with Crippen LogP contribution in [0.5, 0.6) is 0 Å². The van der Waals surface area contributed by atoms with Gasteiger partial charge < -0.3 is 19.9 Å². The summed E-state index contributed by atoms with van der Waals surface area (Å²) in [7, 11) is 1.52. The van der Waals surface area contributed by atoms with E-state index in [0.29, 0.717) is 5.56 Å². The lowest BCUT2D eigenvalue weighted by atomic mass is 9.69. The normalized spacial score (nSPS) is 12.6. The van der Waals surface area contributed by atoms with E-state index in [9.17, 15) is 19.5 Å². The van der Waals surface area contributed by atoms with Crippen molar-refractivity contribution in [3.8, 4) is 0 Å². The first-order valence-corrected chi connectivity index (χ1v) is 14.3. The first-order valence-electron chi connectivity index (χ1n) is 14.3. The Morgan fingerprint density at radius 1 is 0.850 bits per heavy atom. The van der Waals surface area contributed by atoms with Crippen molar-refractivity contribution in [2.24, 2.45) is 5.41 Å². The topological polar surface area (TPSA) is 94.9 Å². The van der Waals surface area contributed by atoms with Crippen LogP contribution in [0.4, 0.5) is 0 Å². The smallest absolute Gasteiger partial charge is 0.323 e. The molecule has 0 aliphatic heterocycles. The molecule has 1 atom stereocenters. The third-order valence-corrected chi connectivity index (χ3v) is 8.09. The van der Waals surface area contributed by atoms with E-state index in [4.69, 9.17) is 5.11 Å². The quantitative estimate of drug-likeness (QED) is 0.317. The molecule has 2 N–H and O–H groups in total. The zero-order valence-corrected chi connectivity index (χ0v) is 26.9. The second kappa shape index (κ2) is 15.7. The van der Waals surface area contributed by atoms with E-state index in [2.05, 4.69) is 52.0 Å². The fourth-order valence-corrected chi connectivity index (χ4v) is 4.42. The number of aldehydes is 1. The Morgan fingerprint density at radius 2 is 1.32 bits per heavy atom. The van der Waals surface area contributed by atoms with Gasteiger partial charge in [0.25, 0.3) is 5.91 Å². The maximum Gasteiger partial charge on any atom is 0.323 e. The van der Waals surface area contributed by atoms with Gasteiger partial charge in [-0.1, -0.05) is 78.8 Å². The Labute approximate surface area is 242 Å². The molecule has 0 aromatic heterocycles. The van der Waals surface area contributed by atoms with Crippen LogP contribution in [0.2, 0.25) is 0 Å². The van der Waals surface area contributed by atoms with E-state index in [-0.39, 0.29) is 29.7 Å². The summed E-state index contributed by atoms with van der Waals surface area (Å²) >= 11 is 0. The number of aliphatic carboxylic acids is 1. The van der Waals surface area contributed by atoms with Crippen molar-refractivity contribution in [3.05, 3.63) is 69.8 Å². The summed E-state index contributed by atoms with van der Waals surface area (Å²) < 4.78 is 0. The molecular weight excluding hydrogens is 502 g/mol. The van der Waals surface area contributed by atoms with Crippen LogP contribution in [0.25, 0.3) is 0 Å². The van der Waals surface area contributed by atoms with Crippen molar-refractivity contribution >= 4 is 18.2 Å². The second-order valence-corrected chi connectivity index (χ2v) is 11.6. The average Bonchev–Trinajstić information content (AvgIpc) is 2.87. The molecule has 0 saturated carbocycles. The highest BCUT2D eigenvalue weighted by Crippen LogP contribution is 2.40. The van der Waals surface area contributed by atoms with E-state index >= 15 is 0 Å². The summed E-state index contributed by atoms with van der Waals surface area (Å²) in [6.45, 7) is 21.7. The number of benzene rings is 2. The van der Waals surface area contributed by atoms with Gasteiger partial charge in [-0.05, 0) is 79.8 Å². The predicted molar refractivity (Wildman–Crippen MR) is 165 cm³/mol. The molecule has 0 aliphatic rings. The number of carboxylic acid groups (broad SMARTS) is 1. The number of carboxylic acids is 1. The lowest BCUT2D eigenvalue weighted by molar-refractivity contribution is -0.137. The number of aliphatic hydroxyl groups is 1. The van der Waals surface area contributed by atoms with Crippen LogP contribution in [-0.4, -0.2) is 52.5 Å². The minimum atomic E-state index is -1.02. The third-order valence-electron chi connectivity index (χ3n) is 8.09. The fraction of sp³-hybridized carbons (Fsp3) is 0.559. The first kappa shape index (κ1) is 37.0.